The van der Waals surface area contributed by atoms with Crippen molar-refractivity contribution in [2.75, 3.05) is 26.7 Å². The molecule has 2 aliphatic rings. The molecule has 0 bridgehead atoms. The van der Waals surface area contributed by atoms with Gasteiger partial charge in [0.15, 0.2) is 0 Å². The van der Waals surface area contributed by atoms with E-state index in [2.05, 4.69) is 17.0 Å². The minimum absolute atomic E-state index is 0.366. The van der Waals surface area contributed by atoms with Crippen molar-refractivity contribution in [1.29, 1.82) is 0 Å². The Balaban J connectivity index is 2.01. The van der Waals surface area contributed by atoms with Gasteiger partial charge in [-0.1, -0.05) is 6.42 Å². The van der Waals surface area contributed by atoms with Crippen molar-refractivity contribution < 1.29 is 0 Å². The second-order valence-corrected chi connectivity index (χ2v) is 4.68. The molecule has 2 saturated heterocycles. The predicted molar refractivity (Wildman–Crippen MR) is 54.2 cm³/mol. The summed E-state index contributed by atoms with van der Waals surface area (Å²) >= 11 is 0. The average molecular weight is 183 g/mol. The molecule has 0 aromatic carbocycles. The normalized spacial score (nSPS) is 30.9. The Morgan fingerprint density at radius 2 is 1.69 bits per heavy atom. The molecule has 0 aromatic heterocycles. The summed E-state index contributed by atoms with van der Waals surface area (Å²) in [6.07, 6.45) is 6.50. The van der Waals surface area contributed by atoms with Crippen molar-refractivity contribution in [1.82, 2.24) is 9.91 Å². The summed E-state index contributed by atoms with van der Waals surface area (Å²) < 4.78 is 0. The number of hydrogen-bond donors (Lipinski definition) is 1. The third-order valence-corrected chi connectivity index (χ3v) is 3.82. The van der Waals surface area contributed by atoms with Crippen molar-refractivity contribution in [2.45, 2.75) is 37.6 Å². The molecule has 3 nitrogen and oxygen atoms in total. The van der Waals surface area contributed by atoms with Gasteiger partial charge in [0.2, 0.25) is 0 Å². The summed E-state index contributed by atoms with van der Waals surface area (Å²) in [7, 11) is 2.20. The molecular weight excluding hydrogens is 162 g/mol. The molecule has 2 aliphatic heterocycles. The molecule has 0 unspecified atom stereocenters. The van der Waals surface area contributed by atoms with Crippen molar-refractivity contribution in [3.63, 3.8) is 0 Å². The molecule has 2 N–H and O–H groups in total. The van der Waals surface area contributed by atoms with Gasteiger partial charge < -0.3 is 4.90 Å². The Morgan fingerprint density at radius 1 is 1.00 bits per heavy atom. The minimum Gasteiger partial charge on any atom is -0.306 e. The summed E-state index contributed by atoms with van der Waals surface area (Å²) in [6, 6.07) is 0. The van der Waals surface area contributed by atoms with Crippen LogP contribution in [0.1, 0.15) is 32.1 Å². The second-order valence-electron chi connectivity index (χ2n) is 4.68. The lowest BCUT2D eigenvalue weighted by Crippen LogP contribution is -2.59. The van der Waals surface area contributed by atoms with E-state index in [0.29, 0.717) is 5.54 Å². The fourth-order valence-corrected chi connectivity index (χ4v) is 2.69. The van der Waals surface area contributed by atoms with Crippen LogP contribution in [-0.2, 0) is 0 Å². The summed E-state index contributed by atoms with van der Waals surface area (Å²) in [5, 5.41) is 2.13. The van der Waals surface area contributed by atoms with E-state index in [-0.39, 0.29) is 0 Å². The van der Waals surface area contributed by atoms with E-state index in [1.165, 1.54) is 45.2 Å². The zero-order valence-electron chi connectivity index (χ0n) is 8.63. The third-order valence-electron chi connectivity index (χ3n) is 3.82. The zero-order valence-corrected chi connectivity index (χ0v) is 8.63. The highest BCUT2D eigenvalue weighted by atomic mass is 15.4. The molecule has 0 saturated carbocycles. The van der Waals surface area contributed by atoms with Crippen LogP contribution in [0.3, 0.4) is 0 Å². The maximum Gasteiger partial charge on any atom is 0.0376 e. The molecule has 0 radical (unpaired) electrons. The fraction of sp³-hybridized carbons (Fsp3) is 1.00. The molecule has 13 heavy (non-hydrogen) atoms. The molecule has 0 atom stereocenters. The number of hydrogen-bond acceptors (Lipinski definition) is 3. The summed E-state index contributed by atoms with van der Waals surface area (Å²) in [6.45, 7) is 3.53. The SMILES string of the molecule is CN1CCC2(CCCCN2N)CC1. The minimum atomic E-state index is 0.366. The van der Waals surface area contributed by atoms with Gasteiger partial charge in [-0.15, -0.1) is 0 Å². The highest BCUT2D eigenvalue weighted by molar-refractivity contribution is 4.94. The van der Waals surface area contributed by atoms with E-state index in [1.54, 1.807) is 0 Å². The zero-order chi connectivity index (χ0) is 9.31. The number of nitrogens with two attached hydrogens (primary N) is 1. The van der Waals surface area contributed by atoms with Crippen LogP contribution in [0.4, 0.5) is 0 Å². The molecule has 76 valence electrons. The Labute approximate surface area is 80.8 Å². The first kappa shape index (κ1) is 9.44. The van der Waals surface area contributed by atoms with Crippen LogP contribution in [0, 0.1) is 0 Å². The number of piperidine rings is 2. The molecule has 3 heteroatoms. The first-order chi connectivity index (χ1) is 6.23. The smallest absolute Gasteiger partial charge is 0.0376 e. The molecular formula is C10H21N3. The van der Waals surface area contributed by atoms with E-state index >= 15 is 0 Å². The first-order valence-corrected chi connectivity index (χ1v) is 5.44. The van der Waals surface area contributed by atoms with Gasteiger partial charge in [-0.2, -0.15) is 0 Å². The summed E-state index contributed by atoms with van der Waals surface area (Å²) in [5.74, 6) is 6.10. The molecule has 1 spiro atoms. The quantitative estimate of drug-likeness (QED) is 0.564. The lowest BCUT2D eigenvalue weighted by molar-refractivity contribution is -0.00337. The van der Waals surface area contributed by atoms with Crippen molar-refractivity contribution in [3.8, 4) is 0 Å². The van der Waals surface area contributed by atoms with Crippen LogP contribution >= 0.6 is 0 Å². The number of rotatable bonds is 0. The van der Waals surface area contributed by atoms with Crippen molar-refractivity contribution >= 4 is 0 Å². The number of nitrogens with zero attached hydrogens (tertiary/aromatic N) is 2. The van der Waals surface area contributed by atoms with Gasteiger partial charge in [-0.05, 0) is 45.8 Å². The van der Waals surface area contributed by atoms with Gasteiger partial charge in [-0.25, -0.2) is 5.01 Å². The monoisotopic (exact) mass is 183 g/mol. The van der Waals surface area contributed by atoms with E-state index in [9.17, 15) is 0 Å². The molecule has 2 heterocycles. The Kier molecular flexibility index (Phi) is 2.58. The highest BCUT2D eigenvalue weighted by Gasteiger charge is 2.39. The van der Waals surface area contributed by atoms with E-state index < -0.39 is 0 Å². The lowest BCUT2D eigenvalue weighted by Gasteiger charge is -2.49. The van der Waals surface area contributed by atoms with Crippen molar-refractivity contribution in [3.05, 3.63) is 0 Å². The lowest BCUT2D eigenvalue weighted by atomic mass is 9.80. The van der Waals surface area contributed by atoms with Crippen LogP contribution in [-0.4, -0.2) is 42.1 Å². The number of likely N-dealkylation sites (tertiary alicyclic amines) is 1. The highest BCUT2D eigenvalue weighted by Crippen LogP contribution is 2.34. The first-order valence-electron chi connectivity index (χ1n) is 5.44. The van der Waals surface area contributed by atoms with Crippen molar-refractivity contribution in [2.24, 2.45) is 5.84 Å². The van der Waals surface area contributed by atoms with E-state index in [4.69, 9.17) is 5.84 Å². The summed E-state index contributed by atoms with van der Waals surface area (Å²) in [5.41, 5.74) is 0.366. The van der Waals surface area contributed by atoms with Gasteiger partial charge in [0.05, 0.1) is 0 Å². The van der Waals surface area contributed by atoms with Crippen LogP contribution in [0.25, 0.3) is 0 Å². The standard InChI is InChI=1S/C10H21N3/c1-12-8-5-10(6-9-12)4-2-3-7-13(10)11/h2-9,11H2,1H3. The molecule has 0 aliphatic carbocycles. The van der Waals surface area contributed by atoms with Gasteiger partial charge >= 0.3 is 0 Å². The fourth-order valence-electron chi connectivity index (χ4n) is 2.69. The topological polar surface area (TPSA) is 32.5 Å². The summed E-state index contributed by atoms with van der Waals surface area (Å²) in [4.78, 5) is 2.41. The second kappa shape index (κ2) is 3.56. The maximum atomic E-state index is 6.10. The van der Waals surface area contributed by atoms with E-state index in [1.807, 2.05) is 0 Å². The van der Waals surface area contributed by atoms with Crippen LogP contribution in [0.5, 0.6) is 0 Å². The van der Waals surface area contributed by atoms with Gasteiger partial charge in [-0.3, -0.25) is 5.84 Å². The average Bonchev–Trinajstić information content (AvgIpc) is 2.15. The van der Waals surface area contributed by atoms with Crippen LogP contribution in [0.2, 0.25) is 0 Å². The Hall–Kier alpha value is -0.120. The molecule has 2 fully saturated rings. The Morgan fingerprint density at radius 3 is 2.31 bits per heavy atom. The van der Waals surface area contributed by atoms with Crippen LogP contribution in [0.15, 0.2) is 0 Å². The Bertz CT molecular complexity index is 173. The van der Waals surface area contributed by atoms with Crippen LogP contribution < -0.4 is 5.84 Å². The van der Waals surface area contributed by atoms with Gasteiger partial charge in [0, 0.05) is 12.1 Å². The predicted octanol–water partition coefficient (Wildman–Crippen LogP) is 0.810. The third kappa shape index (κ3) is 1.73. The molecule has 0 aromatic rings. The molecule has 2 rings (SSSR count). The maximum absolute atomic E-state index is 6.10. The van der Waals surface area contributed by atoms with Gasteiger partial charge in [0.1, 0.15) is 0 Å². The number of hydrazine groups is 1. The largest absolute Gasteiger partial charge is 0.306 e. The van der Waals surface area contributed by atoms with E-state index in [0.717, 1.165) is 6.54 Å². The molecule has 0 amide bonds. The van der Waals surface area contributed by atoms with Gasteiger partial charge in [0.25, 0.3) is 0 Å².